The molecule has 2 aromatic carbocycles. The highest BCUT2D eigenvalue weighted by Crippen LogP contribution is 2.24. The van der Waals surface area contributed by atoms with Crippen molar-refractivity contribution in [2.75, 3.05) is 19.7 Å². The molecule has 4 nitrogen and oxygen atoms in total. The van der Waals surface area contributed by atoms with E-state index in [9.17, 15) is 4.79 Å². The van der Waals surface area contributed by atoms with Gasteiger partial charge in [-0.05, 0) is 30.5 Å². The smallest absolute Gasteiger partial charge is 0.222 e. The molecular formula is C21H22N2O2S. The van der Waals surface area contributed by atoms with E-state index < -0.39 is 0 Å². The predicted molar refractivity (Wildman–Crippen MR) is 104 cm³/mol. The second-order valence-electron chi connectivity index (χ2n) is 6.54. The topological polar surface area (TPSA) is 42.4 Å². The number of rotatable bonds is 5. The number of ether oxygens (including phenoxy) is 1. The monoisotopic (exact) mass is 366 g/mol. The Labute approximate surface area is 157 Å². The Morgan fingerprint density at radius 3 is 2.81 bits per heavy atom. The molecule has 0 saturated carbocycles. The molecule has 1 atom stereocenters. The van der Waals surface area contributed by atoms with Crippen molar-refractivity contribution in [3.05, 3.63) is 65.2 Å². The van der Waals surface area contributed by atoms with Gasteiger partial charge in [-0.3, -0.25) is 4.79 Å². The second kappa shape index (κ2) is 7.98. The molecule has 4 rings (SSSR count). The summed E-state index contributed by atoms with van der Waals surface area (Å²) in [6.07, 6.45) is 2.25. The second-order valence-corrected chi connectivity index (χ2v) is 7.65. The van der Waals surface area contributed by atoms with Crippen molar-refractivity contribution in [1.82, 2.24) is 9.88 Å². The summed E-state index contributed by atoms with van der Waals surface area (Å²) in [6, 6.07) is 18.3. The number of hydrogen-bond acceptors (Lipinski definition) is 4. The average molecular weight is 366 g/mol. The number of nitrogens with zero attached hydrogens (tertiary/aromatic N) is 2. The molecule has 0 radical (unpaired) electrons. The molecule has 1 saturated heterocycles. The van der Waals surface area contributed by atoms with Gasteiger partial charge in [-0.2, -0.15) is 0 Å². The largest absolute Gasteiger partial charge is 0.370 e. The van der Waals surface area contributed by atoms with Crippen LogP contribution in [-0.4, -0.2) is 35.5 Å². The summed E-state index contributed by atoms with van der Waals surface area (Å²) >= 11 is 1.73. The van der Waals surface area contributed by atoms with Gasteiger partial charge in [-0.25, -0.2) is 4.98 Å². The van der Waals surface area contributed by atoms with Crippen molar-refractivity contribution in [3.8, 4) is 0 Å². The number of benzene rings is 2. The lowest BCUT2D eigenvalue weighted by Gasteiger charge is -2.33. The van der Waals surface area contributed by atoms with E-state index >= 15 is 0 Å². The Morgan fingerprint density at radius 1 is 1.15 bits per heavy atom. The van der Waals surface area contributed by atoms with E-state index in [1.54, 1.807) is 11.3 Å². The minimum atomic E-state index is -0.0156. The van der Waals surface area contributed by atoms with E-state index in [4.69, 9.17) is 4.74 Å². The van der Waals surface area contributed by atoms with Gasteiger partial charge in [0.25, 0.3) is 0 Å². The van der Waals surface area contributed by atoms with Gasteiger partial charge in [-0.15, -0.1) is 11.3 Å². The van der Waals surface area contributed by atoms with Gasteiger partial charge in [0.2, 0.25) is 5.91 Å². The summed E-state index contributed by atoms with van der Waals surface area (Å²) in [4.78, 5) is 19.2. The number of carbonyl (C=O) groups is 1. The van der Waals surface area contributed by atoms with Gasteiger partial charge < -0.3 is 9.64 Å². The van der Waals surface area contributed by atoms with Crippen LogP contribution in [0.5, 0.6) is 0 Å². The molecule has 0 N–H and O–H groups in total. The lowest BCUT2D eigenvalue weighted by Crippen LogP contribution is -2.42. The van der Waals surface area contributed by atoms with Crippen LogP contribution in [0.4, 0.5) is 0 Å². The Bertz CT molecular complexity index is 845. The lowest BCUT2D eigenvalue weighted by atomic mass is 10.1. The molecule has 0 bridgehead atoms. The molecule has 1 aliphatic heterocycles. The van der Waals surface area contributed by atoms with Crippen LogP contribution in [0.15, 0.2) is 54.6 Å². The fourth-order valence-electron chi connectivity index (χ4n) is 3.32. The fourth-order valence-corrected chi connectivity index (χ4v) is 4.33. The van der Waals surface area contributed by atoms with Gasteiger partial charge in [0.15, 0.2) is 0 Å². The third-order valence-electron chi connectivity index (χ3n) is 4.71. The molecule has 1 aliphatic rings. The first-order chi connectivity index (χ1) is 12.8. The molecule has 1 aromatic heterocycles. The molecule has 0 spiro atoms. The van der Waals surface area contributed by atoms with Gasteiger partial charge >= 0.3 is 0 Å². The van der Waals surface area contributed by atoms with E-state index in [-0.39, 0.29) is 12.0 Å². The van der Waals surface area contributed by atoms with Crippen LogP contribution in [0.25, 0.3) is 10.2 Å². The zero-order valence-electron chi connectivity index (χ0n) is 14.6. The molecule has 1 fully saturated rings. The van der Waals surface area contributed by atoms with Crippen LogP contribution in [0, 0.1) is 0 Å². The number of carbonyl (C=O) groups excluding carboxylic acids is 1. The zero-order valence-corrected chi connectivity index (χ0v) is 15.5. The first-order valence-corrected chi connectivity index (χ1v) is 9.90. The van der Waals surface area contributed by atoms with E-state index in [1.807, 2.05) is 41.3 Å². The van der Waals surface area contributed by atoms with Crippen LogP contribution in [0.3, 0.4) is 0 Å². The number of aryl methyl sites for hydroxylation is 1. The zero-order chi connectivity index (χ0) is 17.8. The summed E-state index contributed by atoms with van der Waals surface area (Å²) < 4.78 is 7.07. The van der Waals surface area contributed by atoms with E-state index in [0.29, 0.717) is 26.1 Å². The van der Waals surface area contributed by atoms with E-state index in [1.165, 1.54) is 4.70 Å². The van der Waals surface area contributed by atoms with Crippen molar-refractivity contribution < 1.29 is 9.53 Å². The van der Waals surface area contributed by atoms with Gasteiger partial charge in [0.05, 0.1) is 28.4 Å². The van der Waals surface area contributed by atoms with Gasteiger partial charge in [0, 0.05) is 13.0 Å². The van der Waals surface area contributed by atoms with Crippen molar-refractivity contribution in [3.63, 3.8) is 0 Å². The first-order valence-electron chi connectivity index (χ1n) is 9.08. The third kappa shape index (κ3) is 3.94. The third-order valence-corrected chi connectivity index (χ3v) is 5.81. The maximum atomic E-state index is 12.6. The number of fused-ring (bicyclic) bond motifs is 1. The summed E-state index contributed by atoms with van der Waals surface area (Å²) in [6.45, 7) is 1.93. The highest BCUT2D eigenvalue weighted by atomic mass is 32.1. The Balaban J connectivity index is 1.30. The fraction of sp³-hybridized carbons (Fsp3) is 0.333. The minimum absolute atomic E-state index is 0.0156. The van der Waals surface area contributed by atoms with E-state index in [2.05, 4.69) is 23.2 Å². The maximum absolute atomic E-state index is 12.6. The normalized spacial score (nSPS) is 17.5. The summed E-state index contributed by atoms with van der Waals surface area (Å²) in [5.41, 5.74) is 2.19. The Hall–Kier alpha value is -2.24. The van der Waals surface area contributed by atoms with Crippen LogP contribution in [-0.2, 0) is 16.0 Å². The average Bonchev–Trinajstić information content (AvgIpc) is 3.11. The summed E-state index contributed by atoms with van der Waals surface area (Å²) in [7, 11) is 0. The van der Waals surface area contributed by atoms with Crippen molar-refractivity contribution >= 4 is 27.5 Å². The quantitative estimate of drug-likeness (QED) is 0.679. The predicted octanol–water partition coefficient (Wildman–Crippen LogP) is 4.22. The van der Waals surface area contributed by atoms with Crippen molar-refractivity contribution in [2.24, 2.45) is 0 Å². The van der Waals surface area contributed by atoms with E-state index in [0.717, 1.165) is 28.9 Å². The number of hydrogen-bond donors (Lipinski definition) is 0. The maximum Gasteiger partial charge on any atom is 0.222 e. The number of para-hydroxylation sites is 1. The number of amides is 1. The number of aromatic nitrogens is 1. The molecular weight excluding hydrogens is 344 g/mol. The Kier molecular flexibility index (Phi) is 5.27. The lowest BCUT2D eigenvalue weighted by molar-refractivity contribution is -0.139. The standard InChI is InChI=1S/C21H22N2O2S/c24-21(12-6-11-20-22-17-9-4-5-10-19(17)26-20)23-13-14-25-18(15-23)16-7-2-1-3-8-16/h1-5,7-10,18H,6,11-15H2/t18-/m0/s1. The van der Waals surface area contributed by atoms with Crippen LogP contribution in [0.1, 0.15) is 29.5 Å². The summed E-state index contributed by atoms with van der Waals surface area (Å²) in [5, 5.41) is 1.11. The molecule has 0 aliphatic carbocycles. The minimum Gasteiger partial charge on any atom is -0.370 e. The van der Waals surface area contributed by atoms with Crippen molar-refractivity contribution in [2.45, 2.75) is 25.4 Å². The molecule has 26 heavy (non-hydrogen) atoms. The summed E-state index contributed by atoms with van der Waals surface area (Å²) in [5.74, 6) is 0.218. The number of thiazole rings is 1. The molecule has 0 unspecified atom stereocenters. The van der Waals surface area contributed by atoms with Gasteiger partial charge in [0.1, 0.15) is 6.10 Å². The van der Waals surface area contributed by atoms with Crippen LogP contribution in [0.2, 0.25) is 0 Å². The molecule has 1 amide bonds. The highest BCUT2D eigenvalue weighted by Gasteiger charge is 2.24. The van der Waals surface area contributed by atoms with Crippen LogP contribution >= 0.6 is 11.3 Å². The molecule has 5 heteroatoms. The first kappa shape index (κ1) is 17.2. The highest BCUT2D eigenvalue weighted by molar-refractivity contribution is 7.18. The number of morpholine rings is 1. The van der Waals surface area contributed by atoms with Crippen molar-refractivity contribution in [1.29, 1.82) is 0 Å². The van der Waals surface area contributed by atoms with Crippen LogP contribution < -0.4 is 0 Å². The molecule has 3 aromatic rings. The molecule has 2 heterocycles. The molecule has 134 valence electrons. The van der Waals surface area contributed by atoms with Gasteiger partial charge in [-0.1, -0.05) is 42.5 Å². The SMILES string of the molecule is O=C(CCCc1nc2ccccc2s1)N1CCO[C@H](c2ccccc2)C1. The Morgan fingerprint density at radius 2 is 1.96 bits per heavy atom.